The highest BCUT2D eigenvalue weighted by molar-refractivity contribution is 8.13. The molecule has 1 rings (SSSR count). The van der Waals surface area contributed by atoms with Gasteiger partial charge in [0, 0.05) is 25.4 Å². The Morgan fingerprint density at radius 1 is 1.43 bits per heavy atom. The molecule has 1 saturated heterocycles. The molecule has 0 aromatic carbocycles. The molecular formula is C12H17N3O5S. The Labute approximate surface area is 126 Å². The zero-order chi connectivity index (χ0) is 15.7. The number of nitrogens with zero attached hydrogens (tertiary/aromatic N) is 1. The summed E-state index contributed by atoms with van der Waals surface area (Å²) in [5.41, 5.74) is 0. The van der Waals surface area contributed by atoms with Crippen LogP contribution in [0.15, 0.2) is 12.7 Å². The van der Waals surface area contributed by atoms with E-state index in [1.807, 2.05) is 5.32 Å². The number of carbonyl (C=O) groups excluding carboxylic acids is 4. The summed E-state index contributed by atoms with van der Waals surface area (Å²) in [6.45, 7) is 3.97. The van der Waals surface area contributed by atoms with Crippen LogP contribution in [0.4, 0.5) is 9.59 Å². The molecular weight excluding hydrogens is 298 g/mol. The van der Waals surface area contributed by atoms with Gasteiger partial charge in [-0.05, 0) is 0 Å². The number of urea groups is 1. The summed E-state index contributed by atoms with van der Waals surface area (Å²) in [6, 6.07) is -0.685. The average Bonchev–Trinajstić information content (AvgIpc) is 2.86. The third-order valence-electron chi connectivity index (χ3n) is 2.45. The molecule has 2 N–H and O–H groups in total. The Kier molecular flexibility index (Phi) is 7.30. The monoisotopic (exact) mass is 315 g/mol. The lowest BCUT2D eigenvalue weighted by molar-refractivity contribution is -0.148. The third-order valence-corrected chi connectivity index (χ3v) is 3.35. The number of imide groups is 1. The van der Waals surface area contributed by atoms with Crippen LogP contribution in [-0.4, -0.2) is 60.0 Å². The van der Waals surface area contributed by atoms with E-state index < -0.39 is 24.5 Å². The van der Waals surface area contributed by atoms with Crippen LogP contribution in [0.3, 0.4) is 0 Å². The van der Waals surface area contributed by atoms with Crippen LogP contribution in [0.1, 0.15) is 6.42 Å². The van der Waals surface area contributed by atoms with Crippen molar-refractivity contribution >= 4 is 34.9 Å². The third kappa shape index (κ3) is 6.80. The van der Waals surface area contributed by atoms with Crippen molar-refractivity contribution in [2.24, 2.45) is 0 Å². The van der Waals surface area contributed by atoms with Crippen LogP contribution in [0.5, 0.6) is 0 Å². The predicted molar refractivity (Wildman–Crippen MR) is 76.7 cm³/mol. The summed E-state index contributed by atoms with van der Waals surface area (Å²) >= 11 is 1.21. The molecule has 0 aromatic rings. The second kappa shape index (κ2) is 9.01. The number of thioether (sulfide) groups is 1. The number of carbonyl (C=O) groups is 4. The molecule has 0 unspecified atom stereocenters. The van der Waals surface area contributed by atoms with Gasteiger partial charge in [-0.1, -0.05) is 17.8 Å². The Bertz CT molecular complexity index is 441. The zero-order valence-corrected chi connectivity index (χ0v) is 12.2. The first-order valence-corrected chi connectivity index (χ1v) is 7.27. The zero-order valence-electron chi connectivity index (χ0n) is 11.4. The summed E-state index contributed by atoms with van der Waals surface area (Å²) in [7, 11) is 0. The number of nitrogens with one attached hydrogen (secondary N) is 2. The van der Waals surface area contributed by atoms with Crippen molar-refractivity contribution in [2.45, 2.75) is 6.42 Å². The Morgan fingerprint density at radius 2 is 2.19 bits per heavy atom. The summed E-state index contributed by atoms with van der Waals surface area (Å²) in [5.74, 6) is -0.602. The van der Waals surface area contributed by atoms with Gasteiger partial charge in [-0.25, -0.2) is 4.79 Å². The quantitative estimate of drug-likeness (QED) is 0.510. The van der Waals surface area contributed by atoms with Gasteiger partial charge in [0.25, 0.3) is 11.1 Å². The van der Waals surface area contributed by atoms with Crippen molar-refractivity contribution in [1.29, 1.82) is 0 Å². The Balaban J connectivity index is 2.14. The largest absolute Gasteiger partial charge is 0.456 e. The molecule has 0 aliphatic carbocycles. The first-order valence-electron chi connectivity index (χ1n) is 6.29. The van der Waals surface area contributed by atoms with Crippen LogP contribution in [0, 0.1) is 0 Å². The van der Waals surface area contributed by atoms with E-state index in [2.05, 4.69) is 11.9 Å². The van der Waals surface area contributed by atoms with Crippen LogP contribution < -0.4 is 10.6 Å². The van der Waals surface area contributed by atoms with Crippen LogP contribution in [0.25, 0.3) is 0 Å². The highest BCUT2D eigenvalue weighted by atomic mass is 32.2. The summed E-state index contributed by atoms with van der Waals surface area (Å²) < 4.78 is 4.71. The van der Waals surface area contributed by atoms with E-state index in [-0.39, 0.29) is 24.7 Å². The van der Waals surface area contributed by atoms with Gasteiger partial charge >= 0.3 is 12.0 Å². The number of esters is 1. The van der Waals surface area contributed by atoms with Gasteiger partial charge in [-0.3, -0.25) is 19.7 Å². The van der Waals surface area contributed by atoms with Crippen LogP contribution >= 0.6 is 11.8 Å². The van der Waals surface area contributed by atoms with Gasteiger partial charge < -0.3 is 15.0 Å². The lowest BCUT2D eigenvalue weighted by Crippen LogP contribution is -2.41. The van der Waals surface area contributed by atoms with Crippen molar-refractivity contribution < 1.29 is 23.9 Å². The first-order chi connectivity index (χ1) is 10.0. The minimum absolute atomic E-state index is 0.0161. The van der Waals surface area contributed by atoms with Gasteiger partial charge in [-0.2, -0.15) is 0 Å². The van der Waals surface area contributed by atoms with E-state index in [4.69, 9.17) is 4.74 Å². The van der Waals surface area contributed by atoms with Gasteiger partial charge in [0.15, 0.2) is 6.61 Å². The maximum atomic E-state index is 11.4. The van der Waals surface area contributed by atoms with Gasteiger partial charge in [-0.15, -0.1) is 6.58 Å². The highest BCUT2D eigenvalue weighted by Crippen LogP contribution is 2.17. The van der Waals surface area contributed by atoms with E-state index in [0.717, 1.165) is 5.75 Å². The van der Waals surface area contributed by atoms with Gasteiger partial charge in [0.2, 0.25) is 0 Å². The fourth-order valence-electron chi connectivity index (χ4n) is 1.45. The Morgan fingerprint density at radius 3 is 2.81 bits per heavy atom. The van der Waals surface area contributed by atoms with E-state index in [0.29, 0.717) is 6.54 Å². The van der Waals surface area contributed by atoms with Crippen molar-refractivity contribution in [3.05, 3.63) is 12.7 Å². The van der Waals surface area contributed by atoms with E-state index in [9.17, 15) is 19.2 Å². The molecule has 21 heavy (non-hydrogen) atoms. The smallest absolute Gasteiger partial charge is 0.321 e. The number of amides is 4. The molecule has 0 spiro atoms. The number of rotatable bonds is 7. The molecule has 1 fully saturated rings. The van der Waals surface area contributed by atoms with E-state index in [1.165, 1.54) is 17.8 Å². The van der Waals surface area contributed by atoms with Gasteiger partial charge in [0.1, 0.15) is 0 Å². The number of ether oxygens (including phenoxy) is 1. The fourth-order valence-corrected chi connectivity index (χ4v) is 2.30. The topological polar surface area (TPSA) is 105 Å². The maximum absolute atomic E-state index is 11.4. The summed E-state index contributed by atoms with van der Waals surface area (Å²) in [4.78, 5) is 46.6. The molecule has 1 aliphatic heterocycles. The van der Waals surface area contributed by atoms with E-state index >= 15 is 0 Å². The molecule has 0 saturated carbocycles. The molecule has 0 aromatic heterocycles. The molecule has 1 aliphatic rings. The summed E-state index contributed by atoms with van der Waals surface area (Å²) in [5, 5.41) is 4.28. The minimum atomic E-state index is -0.724. The molecule has 0 atom stereocenters. The second-order valence-corrected chi connectivity index (χ2v) is 5.11. The molecule has 8 nitrogen and oxygen atoms in total. The van der Waals surface area contributed by atoms with Crippen molar-refractivity contribution in [3.63, 3.8) is 0 Å². The van der Waals surface area contributed by atoms with Crippen molar-refractivity contribution in [2.75, 3.05) is 32.0 Å². The standard InChI is InChI=1S/C12H17N3O5S/c1-2-4-13-11(18)14-9(16)8-20-10(17)3-5-15-6-7-21-12(15)19/h2H,1,3-8H2,(H2,13,14,16,18). The number of hydrogen-bond acceptors (Lipinski definition) is 6. The first kappa shape index (κ1) is 17.0. The normalized spacial score (nSPS) is 13.7. The lowest BCUT2D eigenvalue weighted by atomic mass is 10.4. The Hall–Kier alpha value is -2.03. The van der Waals surface area contributed by atoms with Gasteiger partial charge in [0.05, 0.1) is 6.42 Å². The van der Waals surface area contributed by atoms with Crippen LogP contribution in [-0.2, 0) is 14.3 Å². The molecule has 116 valence electrons. The SMILES string of the molecule is C=CCNC(=O)NC(=O)COC(=O)CCN1CCSC1=O. The fraction of sp³-hybridized carbons (Fsp3) is 0.500. The predicted octanol–water partition coefficient (Wildman–Crippen LogP) is 0.100. The lowest BCUT2D eigenvalue weighted by Gasteiger charge is -2.13. The molecule has 1 heterocycles. The molecule has 0 radical (unpaired) electrons. The summed E-state index contributed by atoms with van der Waals surface area (Å²) in [6.07, 6.45) is 1.48. The molecule has 0 bridgehead atoms. The van der Waals surface area contributed by atoms with Crippen molar-refractivity contribution in [3.8, 4) is 0 Å². The molecule has 4 amide bonds. The van der Waals surface area contributed by atoms with Crippen molar-refractivity contribution in [1.82, 2.24) is 15.5 Å². The minimum Gasteiger partial charge on any atom is -0.456 e. The average molecular weight is 315 g/mol. The highest BCUT2D eigenvalue weighted by Gasteiger charge is 2.21. The molecule has 9 heteroatoms. The number of hydrogen-bond donors (Lipinski definition) is 2. The second-order valence-electron chi connectivity index (χ2n) is 4.06. The maximum Gasteiger partial charge on any atom is 0.321 e. The van der Waals surface area contributed by atoms with Crippen LogP contribution in [0.2, 0.25) is 0 Å². The van der Waals surface area contributed by atoms with E-state index in [1.54, 1.807) is 4.90 Å².